The Labute approximate surface area is 144 Å². The molecule has 1 amide bonds. The molecule has 1 saturated carbocycles. The van der Waals surface area contributed by atoms with Gasteiger partial charge in [-0.2, -0.15) is 0 Å². The number of piperidine rings is 1. The van der Waals surface area contributed by atoms with Crippen LogP contribution in [0.15, 0.2) is 24.4 Å². The minimum Gasteiger partial charge on any atom is -0.389 e. The van der Waals surface area contributed by atoms with Crippen LogP contribution in [0.3, 0.4) is 0 Å². The van der Waals surface area contributed by atoms with Crippen molar-refractivity contribution >= 4 is 5.91 Å². The zero-order chi connectivity index (χ0) is 16.8. The Morgan fingerprint density at radius 2 is 2.00 bits per heavy atom. The number of nitrogens with one attached hydrogen (secondary N) is 1. The first-order valence-corrected chi connectivity index (χ1v) is 9.27. The maximum absolute atomic E-state index is 12.3. The number of rotatable bonds is 5. The molecule has 5 nitrogen and oxygen atoms in total. The second-order valence-corrected chi connectivity index (χ2v) is 7.40. The Morgan fingerprint density at radius 3 is 2.67 bits per heavy atom. The molecule has 3 rings (SSSR count). The summed E-state index contributed by atoms with van der Waals surface area (Å²) in [6, 6.07) is 6.25. The van der Waals surface area contributed by atoms with Crippen molar-refractivity contribution in [1.29, 1.82) is 0 Å². The molecule has 2 heterocycles. The van der Waals surface area contributed by atoms with E-state index in [9.17, 15) is 9.90 Å². The summed E-state index contributed by atoms with van der Waals surface area (Å²) in [5, 5.41) is 13.6. The van der Waals surface area contributed by atoms with Crippen molar-refractivity contribution in [1.82, 2.24) is 15.2 Å². The standard InChI is InChI=1S/C19H29N3O2/c23-18(14-19(24)9-3-1-4-10-19)21-16-7-12-22(13-8-16)15-17-6-2-5-11-20-17/h2,5-6,11,16,24H,1,3-4,7-10,12-15H2,(H,21,23). The first-order valence-electron chi connectivity index (χ1n) is 9.27. The molecule has 0 aromatic carbocycles. The SMILES string of the molecule is O=C(CC1(O)CCCCC1)NC1CCN(Cc2ccccn2)CC1. The highest BCUT2D eigenvalue weighted by Gasteiger charge is 2.32. The quantitative estimate of drug-likeness (QED) is 0.868. The molecule has 5 heteroatoms. The van der Waals surface area contributed by atoms with Crippen molar-refractivity contribution < 1.29 is 9.90 Å². The summed E-state index contributed by atoms with van der Waals surface area (Å²) in [6.07, 6.45) is 8.82. The molecular weight excluding hydrogens is 302 g/mol. The van der Waals surface area contributed by atoms with E-state index in [1.807, 2.05) is 18.3 Å². The van der Waals surface area contributed by atoms with Gasteiger partial charge in [0, 0.05) is 31.9 Å². The molecule has 2 fully saturated rings. The van der Waals surface area contributed by atoms with Gasteiger partial charge in [-0.05, 0) is 37.8 Å². The molecular formula is C19H29N3O2. The van der Waals surface area contributed by atoms with Gasteiger partial charge in [-0.15, -0.1) is 0 Å². The molecule has 24 heavy (non-hydrogen) atoms. The summed E-state index contributed by atoms with van der Waals surface area (Å²) in [4.78, 5) is 19.0. The number of hydrogen-bond donors (Lipinski definition) is 2. The number of carbonyl (C=O) groups excluding carboxylic acids is 1. The lowest BCUT2D eigenvalue weighted by Crippen LogP contribution is -2.46. The van der Waals surface area contributed by atoms with Crippen molar-refractivity contribution in [2.24, 2.45) is 0 Å². The average molecular weight is 331 g/mol. The maximum Gasteiger partial charge on any atom is 0.223 e. The first-order chi connectivity index (χ1) is 11.6. The molecule has 1 aromatic heterocycles. The van der Waals surface area contributed by atoms with Gasteiger partial charge < -0.3 is 10.4 Å². The lowest BCUT2D eigenvalue weighted by Gasteiger charge is -2.34. The summed E-state index contributed by atoms with van der Waals surface area (Å²) >= 11 is 0. The normalized spacial score (nSPS) is 22.2. The third kappa shape index (κ3) is 5.02. The molecule has 2 aliphatic rings. The Kier molecular flexibility index (Phi) is 5.85. The van der Waals surface area contributed by atoms with Crippen LogP contribution in [0.5, 0.6) is 0 Å². The van der Waals surface area contributed by atoms with E-state index in [0.29, 0.717) is 0 Å². The Hall–Kier alpha value is -1.46. The molecule has 0 bridgehead atoms. The van der Waals surface area contributed by atoms with Crippen LogP contribution in [0.2, 0.25) is 0 Å². The molecule has 0 radical (unpaired) electrons. The van der Waals surface area contributed by atoms with Crippen LogP contribution in [-0.2, 0) is 11.3 Å². The summed E-state index contributed by atoms with van der Waals surface area (Å²) in [6.45, 7) is 2.83. The van der Waals surface area contributed by atoms with Gasteiger partial charge in [0.25, 0.3) is 0 Å². The van der Waals surface area contributed by atoms with Gasteiger partial charge in [-0.3, -0.25) is 14.7 Å². The summed E-state index contributed by atoms with van der Waals surface area (Å²) in [7, 11) is 0. The predicted octanol–water partition coefficient (Wildman–Crippen LogP) is 2.25. The maximum atomic E-state index is 12.3. The van der Waals surface area contributed by atoms with Crippen molar-refractivity contribution in [3.05, 3.63) is 30.1 Å². The van der Waals surface area contributed by atoms with E-state index in [-0.39, 0.29) is 18.4 Å². The van der Waals surface area contributed by atoms with Crippen LogP contribution in [0.25, 0.3) is 0 Å². The van der Waals surface area contributed by atoms with Gasteiger partial charge in [0.15, 0.2) is 0 Å². The van der Waals surface area contributed by atoms with E-state index in [1.54, 1.807) is 0 Å². The number of hydrogen-bond acceptors (Lipinski definition) is 4. The summed E-state index contributed by atoms with van der Waals surface area (Å²) < 4.78 is 0. The second-order valence-electron chi connectivity index (χ2n) is 7.40. The van der Waals surface area contributed by atoms with Gasteiger partial charge in [0.05, 0.1) is 17.7 Å². The topological polar surface area (TPSA) is 65.5 Å². The molecule has 1 aliphatic carbocycles. The van der Waals surface area contributed by atoms with Crippen molar-refractivity contribution in [3.63, 3.8) is 0 Å². The van der Waals surface area contributed by atoms with Crippen molar-refractivity contribution in [2.75, 3.05) is 13.1 Å². The van der Waals surface area contributed by atoms with E-state index in [4.69, 9.17) is 0 Å². The fourth-order valence-electron chi connectivity index (χ4n) is 3.92. The molecule has 1 aromatic rings. The van der Waals surface area contributed by atoms with E-state index < -0.39 is 5.60 Å². The molecule has 0 unspecified atom stereocenters. The van der Waals surface area contributed by atoms with Gasteiger partial charge in [0.1, 0.15) is 0 Å². The second kappa shape index (κ2) is 8.08. The summed E-state index contributed by atoms with van der Waals surface area (Å²) in [5.41, 5.74) is 0.335. The molecule has 132 valence electrons. The van der Waals surface area contributed by atoms with Gasteiger partial charge >= 0.3 is 0 Å². The largest absolute Gasteiger partial charge is 0.389 e. The molecule has 1 saturated heterocycles. The lowest BCUT2D eigenvalue weighted by atomic mass is 9.82. The smallest absolute Gasteiger partial charge is 0.223 e. The van der Waals surface area contributed by atoms with Gasteiger partial charge in [-0.1, -0.05) is 25.3 Å². The molecule has 0 atom stereocenters. The third-order valence-corrected chi connectivity index (χ3v) is 5.34. The van der Waals surface area contributed by atoms with Gasteiger partial charge in [-0.25, -0.2) is 0 Å². The Bertz CT molecular complexity index is 521. The van der Waals surface area contributed by atoms with E-state index >= 15 is 0 Å². The van der Waals surface area contributed by atoms with Crippen LogP contribution in [0, 0.1) is 0 Å². The number of aromatic nitrogens is 1. The van der Waals surface area contributed by atoms with Crippen molar-refractivity contribution in [2.45, 2.75) is 69.6 Å². The minimum absolute atomic E-state index is 0.0163. The van der Waals surface area contributed by atoms with E-state index in [0.717, 1.165) is 63.9 Å². The number of likely N-dealkylation sites (tertiary alicyclic amines) is 1. The van der Waals surface area contributed by atoms with Crippen molar-refractivity contribution in [3.8, 4) is 0 Å². The number of nitrogens with zero attached hydrogens (tertiary/aromatic N) is 2. The average Bonchev–Trinajstić information content (AvgIpc) is 2.58. The zero-order valence-electron chi connectivity index (χ0n) is 14.4. The first kappa shape index (κ1) is 17.4. The number of amides is 1. The minimum atomic E-state index is -0.762. The number of carbonyl (C=O) groups is 1. The molecule has 0 spiro atoms. The fraction of sp³-hybridized carbons (Fsp3) is 0.684. The highest BCUT2D eigenvalue weighted by atomic mass is 16.3. The highest BCUT2D eigenvalue weighted by Crippen LogP contribution is 2.30. The Morgan fingerprint density at radius 1 is 1.25 bits per heavy atom. The van der Waals surface area contributed by atoms with Crippen LogP contribution in [-0.4, -0.2) is 45.6 Å². The van der Waals surface area contributed by atoms with Crippen LogP contribution < -0.4 is 5.32 Å². The predicted molar refractivity (Wildman–Crippen MR) is 93.3 cm³/mol. The van der Waals surface area contributed by atoms with Crippen LogP contribution in [0.4, 0.5) is 0 Å². The van der Waals surface area contributed by atoms with Crippen LogP contribution in [0.1, 0.15) is 57.1 Å². The van der Waals surface area contributed by atoms with Crippen LogP contribution >= 0.6 is 0 Å². The zero-order valence-corrected chi connectivity index (χ0v) is 14.4. The fourth-order valence-corrected chi connectivity index (χ4v) is 3.92. The summed E-state index contributed by atoms with van der Waals surface area (Å²) in [5.74, 6) is 0.0163. The third-order valence-electron chi connectivity index (χ3n) is 5.34. The Balaban J connectivity index is 1.39. The monoisotopic (exact) mass is 331 g/mol. The number of pyridine rings is 1. The molecule has 1 aliphatic heterocycles. The van der Waals surface area contributed by atoms with E-state index in [1.165, 1.54) is 6.42 Å². The number of aliphatic hydroxyl groups is 1. The molecule has 2 N–H and O–H groups in total. The van der Waals surface area contributed by atoms with E-state index in [2.05, 4.69) is 21.3 Å². The highest BCUT2D eigenvalue weighted by molar-refractivity contribution is 5.77. The lowest BCUT2D eigenvalue weighted by molar-refractivity contribution is -0.128. The van der Waals surface area contributed by atoms with Gasteiger partial charge in [0.2, 0.25) is 5.91 Å².